The van der Waals surface area contributed by atoms with E-state index in [1.807, 2.05) is 4.90 Å². The monoisotopic (exact) mass is 227 g/mol. The molecule has 0 aromatic heterocycles. The fourth-order valence-corrected chi connectivity index (χ4v) is 2.51. The van der Waals surface area contributed by atoms with Crippen molar-refractivity contribution in [2.45, 2.75) is 58.9 Å². The van der Waals surface area contributed by atoms with E-state index in [4.69, 9.17) is 5.11 Å². The van der Waals surface area contributed by atoms with Crippen molar-refractivity contribution in [1.82, 2.24) is 4.90 Å². The summed E-state index contributed by atoms with van der Waals surface area (Å²) < 4.78 is 0. The molecule has 1 N–H and O–H groups in total. The molecule has 3 nitrogen and oxygen atoms in total. The number of nitrogens with zero attached hydrogens (tertiary/aromatic N) is 1. The molecule has 0 aliphatic carbocycles. The number of aliphatic hydroxyl groups excluding tert-OH is 1. The second-order valence-electron chi connectivity index (χ2n) is 5.79. The Kier molecular flexibility index (Phi) is 4.78. The molecular formula is C13H25NO2. The van der Waals surface area contributed by atoms with E-state index < -0.39 is 0 Å². The molecule has 1 aliphatic rings. The van der Waals surface area contributed by atoms with Gasteiger partial charge >= 0.3 is 0 Å². The molecule has 0 bridgehead atoms. The second-order valence-corrected chi connectivity index (χ2v) is 5.79. The van der Waals surface area contributed by atoms with Crippen molar-refractivity contribution >= 4 is 5.91 Å². The van der Waals surface area contributed by atoms with Crippen molar-refractivity contribution in [1.29, 1.82) is 0 Å². The van der Waals surface area contributed by atoms with Gasteiger partial charge in [-0.2, -0.15) is 0 Å². The Morgan fingerprint density at radius 3 is 2.62 bits per heavy atom. The van der Waals surface area contributed by atoms with E-state index in [1.165, 1.54) is 0 Å². The lowest BCUT2D eigenvalue weighted by atomic mass is 9.83. The highest BCUT2D eigenvalue weighted by atomic mass is 16.3. The second kappa shape index (κ2) is 5.67. The van der Waals surface area contributed by atoms with E-state index in [0.29, 0.717) is 25.4 Å². The van der Waals surface area contributed by atoms with Crippen LogP contribution in [-0.4, -0.2) is 35.1 Å². The SMILES string of the molecule is CC(C)(C)C1CCCCC(=O)N1CCCO. The van der Waals surface area contributed by atoms with Gasteiger partial charge in [0.1, 0.15) is 0 Å². The lowest BCUT2D eigenvalue weighted by Gasteiger charge is -2.39. The molecule has 1 saturated heterocycles. The largest absolute Gasteiger partial charge is 0.396 e. The fraction of sp³-hybridized carbons (Fsp3) is 0.923. The van der Waals surface area contributed by atoms with Crippen LogP contribution in [0.25, 0.3) is 0 Å². The molecule has 1 fully saturated rings. The molecule has 0 aromatic carbocycles. The Bertz CT molecular complexity index is 233. The average Bonchev–Trinajstić information content (AvgIpc) is 2.36. The molecule has 0 aromatic rings. The van der Waals surface area contributed by atoms with Crippen molar-refractivity contribution in [2.75, 3.05) is 13.2 Å². The number of carbonyl (C=O) groups excluding carboxylic acids is 1. The van der Waals surface area contributed by atoms with Gasteiger partial charge in [0.15, 0.2) is 0 Å². The third kappa shape index (κ3) is 3.48. The van der Waals surface area contributed by atoms with Crippen molar-refractivity contribution in [3.05, 3.63) is 0 Å². The Hall–Kier alpha value is -0.570. The summed E-state index contributed by atoms with van der Waals surface area (Å²) in [6.07, 6.45) is 4.63. The van der Waals surface area contributed by atoms with Gasteiger partial charge in [0.2, 0.25) is 5.91 Å². The predicted molar refractivity (Wildman–Crippen MR) is 65.1 cm³/mol. The average molecular weight is 227 g/mol. The van der Waals surface area contributed by atoms with Crippen LogP contribution in [0.2, 0.25) is 0 Å². The molecular weight excluding hydrogens is 202 g/mol. The summed E-state index contributed by atoms with van der Waals surface area (Å²) >= 11 is 0. The van der Waals surface area contributed by atoms with Crippen molar-refractivity contribution in [3.8, 4) is 0 Å². The zero-order valence-electron chi connectivity index (χ0n) is 10.8. The molecule has 1 aliphatic heterocycles. The molecule has 1 unspecified atom stereocenters. The van der Waals surface area contributed by atoms with Crippen LogP contribution < -0.4 is 0 Å². The van der Waals surface area contributed by atoms with Gasteiger partial charge in [-0.25, -0.2) is 0 Å². The molecule has 1 heterocycles. The standard InChI is InChI=1S/C13H25NO2/c1-13(2,3)11-7-4-5-8-12(16)14(11)9-6-10-15/h11,15H,4-10H2,1-3H3. The van der Waals surface area contributed by atoms with Crippen LogP contribution in [0.5, 0.6) is 0 Å². The van der Waals surface area contributed by atoms with Gasteiger partial charge in [-0.05, 0) is 24.7 Å². The molecule has 16 heavy (non-hydrogen) atoms. The number of rotatable bonds is 3. The van der Waals surface area contributed by atoms with Gasteiger partial charge in [-0.15, -0.1) is 0 Å². The molecule has 0 saturated carbocycles. The molecule has 1 rings (SSSR count). The maximum Gasteiger partial charge on any atom is 0.222 e. The predicted octanol–water partition coefficient (Wildman–Crippen LogP) is 2.19. The van der Waals surface area contributed by atoms with E-state index in [1.54, 1.807) is 0 Å². The smallest absolute Gasteiger partial charge is 0.222 e. The van der Waals surface area contributed by atoms with Crippen LogP contribution in [0.15, 0.2) is 0 Å². The van der Waals surface area contributed by atoms with Gasteiger partial charge in [0, 0.05) is 25.6 Å². The topological polar surface area (TPSA) is 40.5 Å². The molecule has 0 spiro atoms. The minimum absolute atomic E-state index is 0.134. The number of amides is 1. The van der Waals surface area contributed by atoms with Crippen molar-refractivity contribution in [3.63, 3.8) is 0 Å². The van der Waals surface area contributed by atoms with Gasteiger partial charge in [0.25, 0.3) is 0 Å². The lowest BCUT2D eigenvalue weighted by Crippen LogP contribution is -2.46. The molecule has 1 amide bonds. The molecule has 1 atom stereocenters. The van der Waals surface area contributed by atoms with Crippen LogP contribution in [-0.2, 0) is 4.79 Å². The third-order valence-corrected chi connectivity index (χ3v) is 3.37. The van der Waals surface area contributed by atoms with Crippen LogP contribution in [0.4, 0.5) is 0 Å². The third-order valence-electron chi connectivity index (χ3n) is 3.37. The number of hydrogen-bond donors (Lipinski definition) is 1. The van der Waals surface area contributed by atoms with Gasteiger partial charge in [-0.1, -0.05) is 27.2 Å². The zero-order valence-corrected chi connectivity index (χ0v) is 10.8. The highest BCUT2D eigenvalue weighted by Gasteiger charge is 2.33. The summed E-state index contributed by atoms with van der Waals surface area (Å²) in [6, 6.07) is 0.328. The first kappa shape index (κ1) is 13.5. The summed E-state index contributed by atoms with van der Waals surface area (Å²) in [5.74, 6) is 0.269. The Labute approximate surface area is 98.8 Å². The minimum Gasteiger partial charge on any atom is -0.396 e. The fourth-order valence-electron chi connectivity index (χ4n) is 2.51. The maximum absolute atomic E-state index is 12.0. The summed E-state index contributed by atoms with van der Waals surface area (Å²) in [5.41, 5.74) is 0.134. The highest BCUT2D eigenvalue weighted by molar-refractivity contribution is 5.76. The van der Waals surface area contributed by atoms with E-state index in [-0.39, 0.29) is 17.9 Å². The number of likely N-dealkylation sites (tertiary alicyclic amines) is 1. The Morgan fingerprint density at radius 2 is 2.06 bits per heavy atom. The molecule has 3 heteroatoms. The lowest BCUT2D eigenvalue weighted by molar-refractivity contribution is -0.135. The minimum atomic E-state index is 0.134. The maximum atomic E-state index is 12.0. The van der Waals surface area contributed by atoms with E-state index in [2.05, 4.69) is 20.8 Å². The molecule has 94 valence electrons. The number of carbonyl (C=O) groups is 1. The van der Waals surface area contributed by atoms with Gasteiger partial charge in [-0.3, -0.25) is 4.79 Å². The van der Waals surface area contributed by atoms with Gasteiger partial charge in [0.05, 0.1) is 0 Å². The van der Waals surface area contributed by atoms with Crippen LogP contribution in [0.3, 0.4) is 0 Å². The zero-order chi connectivity index (χ0) is 12.2. The molecule has 0 radical (unpaired) electrons. The summed E-state index contributed by atoms with van der Waals surface area (Å²) in [7, 11) is 0. The Morgan fingerprint density at radius 1 is 1.38 bits per heavy atom. The van der Waals surface area contributed by atoms with Crippen molar-refractivity contribution < 1.29 is 9.90 Å². The summed E-state index contributed by atoms with van der Waals surface area (Å²) in [6.45, 7) is 7.46. The van der Waals surface area contributed by atoms with Crippen LogP contribution >= 0.6 is 0 Å². The highest BCUT2D eigenvalue weighted by Crippen LogP contribution is 2.31. The van der Waals surface area contributed by atoms with Crippen LogP contribution in [0, 0.1) is 5.41 Å². The van der Waals surface area contributed by atoms with Gasteiger partial charge < -0.3 is 10.0 Å². The van der Waals surface area contributed by atoms with Crippen LogP contribution in [0.1, 0.15) is 52.9 Å². The first-order valence-corrected chi connectivity index (χ1v) is 6.37. The first-order valence-electron chi connectivity index (χ1n) is 6.37. The van der Waals surface area contributed by atoms with E-state index in [0.717, 1.165) is 19.3 Å². The number of aliphatic hydroxyl groups is 1. The summed E-state index contributed by atoms with van der Waals surface area (Å²) in [4.78, 5) is 14.0. The Balaban J connectivity index is 2.77. The van der Waals surface area contributed by atoms with E-state index in [9.17, 15) is 4.79 Å². The first-order chi connectivity index (χ1) is 7.46. The summed E-state index contributed by atoms with van der Waals surface area (Å²) in [5, 5.41) is 8.90. The normalized spacial score (nSPS) is 23.4. The quantitative estimate of drug-likeness (QED) is 0.803. The number of hydrogen-bond acceptors (Lipinski definition) is 2. The van der Waals surface area contributed by atoms with Crippen molar-refractivity contribution in [2.24, 2.45) is 5.41 Å². The van der Waals surface area contributed by atoms with E-state index >= 15 is 0 Å².